The van der Waals surface area contributed by atoms with Gasteiger partial charge in [0.1, 0.15) is 23.0 Å². The first kappa shape index (κ1) is 24.0. The van der Waals surface area contributed by atoms with E-state index >= 15 is 0 Å². The standard InChI is InChI=1S/C21H30NO7P/c1-13(2)28-30(27,29-14(3)4)12-22-11-19(17-7-5-15(23)9-20(17)25)18-8-6-16(24)10-21(18)26/h5-10,13-14,19,22-26H,11-12H2,1-4H3. The summed E-state index contributed by atoms with van der Waals surface area (Å²) in [4.78, 5) is 0. The van der Waals surface area contributed by atoms with Crippen molar-refractivity contribution >= 4 is 7.60 Å². The molecule has 0 saturated carbocycles. The molecule has 2 rings (SSSR count). The normalized spacial score (nSPS) is 12.2. The highest BCUT2D eigenvalue weighted by molar-refractivity contribution is 7.53. The van der Waals surface area contributed by atoms with Crippen LogP contribution in [0.25, 0.3) is 0 Å². The highest BCUT2D eigenvalue weighted by Gasteiger charge is 2.29. The molecule has 0 aliphatic rings. The Bertz CT molecular complexity index is 835. The van der Waals surface area contributed by atoms with Gasteiger partial charge in [-0.15, -0.1) is 0 Å². The van der Waals surface area contributed by atoms with E-state index in [2.05, 4.69) is 5.32 Å². The Labute approximate surface area is 176 Å². The summed E-state index contributed by atoms with van der Waals surface area (Å²) in [6.45, 7) is 7.23. The van der Waals surface area contributed by atoms with Gasteiger partial charge in [-0.25, -0.2) is 0 Å². The average Bonchev–Trinajstić information content (AvgIpc) is 2.58. The first-order valence-electron chi connectivity index (χ1n) is 9.71. The fraction of sp³-hybridized carbons (Fsp3) is 0.429. The minimum Gasteiger partial charge on any atom is -0.508 e. The molecule has 5 N–H and O–H groups in total. The van der Waals surface area contributed by atoms with E-state index in [1.165, 1.54) is 36.4 Å². The molecule has 0 aromatic heterocycles. The summed E-state index contributed by atoms with van der Waals surface area (Å²) in [6, 6.07) is 8.33. The van der Waals surface area contributed by atoms with Crippen LogP contribution in [-0.2, 0) is 13.6 Å². The van der Waals surface area contributed by atoms with E-state index in [1.54, 1.807) is 27.7 Å². The Balaban J connectivity index is 2.30. The average molecular weight is 439 g/mol. The van der Waals surface area contributed by atoms with Crippen molar-refractivity contribution in [1.82, 2.24) is 5.32 Å². The molecular formula is C21H30NO7P. The van der Waals surface area contributed by atoms with E-state index in [0.717, 1.165) is 0 Å². The van der Waals surface area contributed by atoms with Gasteiger partial charge in [0.15, 0.2) is 0 Å². The van der Waals surface area contributed by atoms with Crippen molar-refractivity contribution in [2.75, 3.05) is 12.8 Å². The van der Waals surface area contributed by atoms with E-state index in [1.807, 2.05) is 0 Å². The van der Waals surface area contributed by atoms with Crippen LogP contribution in [-0.4, -0.2) is 45.5 Å². The molecule has 166 valence electrons. The van der Waals surface area contributed by atoms with Crippen molar-refractivity contribution in [3.63, 3.8) is 0 Å². The minimum absolute atomic E-state index is 0.0719. The van der Waals surface area contributed by atoms with Gasteiger partial charge in [0.2, 0.25) is 0 Å². The SMILES string of the molecule is CC(C)OP(=O)(CNCC(c1ccc(O)cc1O)c1ccc(O)cc1O)OC(C)C. The Kier molecular flexibility index (Phi) is 8.15. The van der Waals surface area contributed by atoms with Gasteiger partial charge in [-0.05, 0) is 39.8 Å². The summed E-state index contributed by atoms with van der Waals surface area (Å²) in [5.74, 6) is -1.09. The molecule has 0 fully saturated rings. The summed E-state index contributed by atoms with van der Waals surface area (Å²) in [6.07, 6.45) is -0.665. The maximum Gasteiger partial charge on any atom is 0.344 e. The van der Waals surface area contributed by atoms with Gasteiger partial charge in [-0.3, -0.25) is 4.57 Å². The van der Waals surface area contributed by atoms with Crippen molar-refractivity contribution in [1.29, 1.82) is 0 Å². The van der Waals surface area contributed by atoms with Gasteiger partial charge < -0.3 is 34.8 Å². The first-order chi connectivity index (χ1) is 14.0. The Morgan fingerprint density at radius 3 is 1.63 bits per heavy atom. The summed E-state index contributed by atoms with van der Waals surface area (Å²) < 4.78 is 24.1. The third kappa shape index (κ3) is 6.64. The van der Waals surface area contributed by atoms with Crippen LogP contribution in [0.2, 0.25) is 0 Å². The van der Waals surface area contributed by atoms with Gasteiger partial charge in [0, 0.05) is 35.7 Å². The molecular weight excluding hydrogens is 409 g/mol. The second kappa shape index (κ2) is 10.2. The lowest BCUT2D eigenvalue weighted by atomic mass is 9.89. The number of phenolic OH excluding ortho intramolecular Hbond substituents is 4. The molecule has 0 saturated heterocycles. The maximum absolute atomic E-state index is 13.0. The molecule has 0 spiro atoms. The Morgan fingerprint density at radius 2 is 1.27 bits per heavy atom. The van der Waals surface area contributed by atoms with E-state index in [-0.39, 0.29) is 48.0 Å². The summed E-state index contributed by atoms with van der Waals surface area (Å²) in [5, 5.41) is 42.9. The fourth-order valence-electron chi connectivity index (χ4n) is 3.13. The van der Waals surface area contributed by atoms with Crippen LogP contribution in [0.15, 0.2) is 36.4 Å². The van der Waals surface area contributed by atoms with Gasteiger partial charge in [-0.1, -0.05) is 12.1 Å². The molecule has 0 atom stereocenters. The van der Waals surface area contributed by atoms with Crippen molar-refractivity contribution in [3.8, 4) is 23.0 Å². The Hall–Kier alpha value is -2.25. The van der Waals surface area contributed by atoms with Crippen LogP contribution in [0.5, 0.6) is 23.0 Å². The smallest absolute Gasteiger partial charge is 0.344 e. The summed E-state index contributed by atoms with van der Waals surface area (Å²) in [7, 11) is -3.43. The molecule has 9 heteroatoms. The topological polar surface area (TPSA) is 128 Å². The summed E-state index contributed by atoms with van der Waals surface area (Å²) in [5.41, 5.74) is 0.872. The molecule has 30 heavy (non-hydrogen) atoms. The van der Waals surface area contributed by atoms with Crippen molar-refractivity contribution in [2.24, 2.45) is 0 Å². The highest BCUT2D eigenvalue weighted by Crippen LogP contribution is 2.49. The molecule has 2 aromatic rings. The minimum atomic E-state index is -3.43. The number of hydrogen-bond donors (Lipinski definition) is 5. The Morgan fingerprint density at radius 1 is 0.833 bits per heavy atom. The lowest BCUT2D eigenvalue weighted by Crippen LogP contribution is -2.26. The van der Waals surface area contributed by atoms with E-state index < -0.39 is 13.5 Å². The molecule has 0 heterocycles. The summed E-state index contributed by atoms with van der Waals surface area (Å²) >= 11 is 0. The number of aromatic hydroxyl groups is 4. The maximum atomic E-state index is 13.0. The molecule has 0 unspecified atom stereocenters. The molecule has 8 nitrogen and oxygen atoms in total. The lowest BCUT2D eigenvalue weighted by Gasteiger charge is -2.25. The number of rotatable bonds is 10. The third-order valence-electron chi connectivity index (χ3n) is 4.18. The number of nitrogens with one attached hydrogen (secondary N) is 1. The second-order valence-corrected chi connectivity index (χ2v) is 9.53. The number of benzene rings is 2. The lowest BCUT2D eigenvalue weighted by molar-refractivity contribution is 0.141. The van der Waals surface area contributed by atoms with Crippen LogP contribution in [0, 0.1) is 0 Å². The first-order valence-corrected chi connectivity index (χ1v) is 11.4. The van der Waals surface area contributed by atoms with Gasteiger partial charge in [-0.2, -0.15) is 0 Å². The van der Waals surface area contributed by atoms with Crippen molar-refractivity contribution in [2.45, 2.75) is 45.8 Å². The van der Waals surface area contributed by atoms with E-state index in [0.29, 0.717) is 11.1 Å². The van der Waals surface area contributed by atoms with Crippen LogP contribution < -0.4 is 5.32 Å². The molecule has 2 aromatic carbocycles. The van der Waals surface area contributed by atoms with E-state index in [9.17, 15) is 25.0 Å². The zero-order valence-corrected chi connectivity index (χ0v) is 18.5. The van der Waals surface area contributed by atoms with Gasteiger partial charge in [0.05, 0.1) is 18.5 Å². The van der Waals surface area contributed by atoms with Crippen LogP contribution in [0.4, 0.5) is 0 Å². The third-order valence-corrected chi connectivity index (χ3v) is 6.27. The molecule has 0 amide bonds. The van der Waals surface area contributed by atoms with Crippen molar-refractivity contribution in [3.05, 3.63) is 47.5 Å². The predicted molar refractivity (Wildman–Crippen MR) is 114 cm³/mol. The van der Waals surface area contributed by atoms with Gasteiger partial charge >= 0.3 is 7.60 Å². The monoisotopic (exact) mass is 439 g/mol. The fourth-order valence-corrected chi connectivity index (χ4v) is 5.02. The van der Waals surface area contributed by atoms with Crippen LogP contribution >= 0.6 is 7.60 Å². The zero-order valence-electron chi connectivity index (χ0n) is 17.6. The molecule has 0 bridgehead atoms. The molecule has 0 aliphatic heterocycles. The number of hydrogen-bond acceptors (Lipinski definition) is 8. The largest absolute Gasteiger partial charge is 0.508 e. The highest BCUT2D eigenvalue weighted by atomic mass is 31.2. The second-order valence-electron chi connectivity index (χ2n) is 7.57. The van der Waals surface area contributed by atoms with Crippen LogP contribution in [0.1, 0.15) is 44.7 Å². The quantitative estimate of drug-likeness (QED) is 0.348. The zero-order chi connectivity index (χ0) is 22.5. The molecule has 0 radical (unpaired) electrons. The number of phenols is 4. The van der Waals surface area contributed by atoms with Crippen LogP contribution in [0.3, 0.4) is 0 Å². The predicted octanol–water partition coefficient (Wildman–Crippen LogP) is 4.23. The van der Waals surface area contributed by atoms with Gasteiger partial charge in [0.25, 0.3) is 0 Å². The van der Waals surface area contributed by atoms with E-state index in [4.69, 9.17) is 9.05 Å². The molecule has 0 aliphatic carbocycles. The van der Waals surface area contributed by atoms with Crippen molar-refractivity contribution < 1.29 is 34.0 Å².